The fourth-order valence-corrected chi connectivity index (χ4v) is 1.51. The molecule has 1 amide bonds. The van der Waals surface area contributed by atoms with Crippen LogP contribution in [0.3, 0.4) is 0 Å². The maximum Gasteiger partial charge on any atom is 0.255 e. The van der Waals surface area contributed by atoms with Crippen LogP contribution in [0.2, 0.25) is 0 Å². The second-order valence-electron chi connectivity index (χ2n) is 3.78. The number of pyridine rings is 1. The second kappa shape index (κ2) is 6.85. The molecule has 17 heavy (non-hydrogen) atoms. The summed E-state index contributed by atoms with van der Waals surface area (Å²) in [7, 11) is 1.61. The first-order valence-corrected chi connectivity index (χ1v) is 5.66. The third kappa shape index (κ3) is 4.03. The maximum atomic E-state index is 12.0. The molecule has 0 aliphatic rings. The number of nitrogens with one attached hydrogen (secondary N) is 2. The van der Waals surface area contributed by atoms with E-state index in [4.69, 9.17) is 4.74 Å². The van der Waals surface area contributed by atoms with E-state index in [1.165, 1.54) is 0 Å². The van der Waals surface area contributed by atoms with E-state index < -0.39 is 0 Å². The molecule has 5 heteroatoms. The number of ether oxygens (including phenoxy) is 1. The molecule has 5 nitrogen and oxygen atoms in total. The Kier molecular flexibility index (Phi) is 5.42. The summed E-state index contributed by atoms with van der Waals surface area (Å²) in [6, 6.07) is 1.77. The molecule has 1 aromatic rings. The molecule has 0 saturated carbocycles. The first kappa shape index (κ1) is 13.4. The van der Waals surface area contributed by atoms with Crippen LogP contribution in [0.5, 0.6) is 0 Å². The lowest BCUT2D eigenvalue weighted by Gasteiger charge is -2.14. The molecule has 0 saturated heterocycles. The Balaban J connectivity index is 2.74. The lowest BCUT2D eigenvalue weighted by atomic mass is 10.2. The summed E-state index contributed by atoms with van der Waals surface area (Å²) < 4.78 is 4.97. The Labute approximate surface area is 102 Å². The molecule has 1 unspecified atom stereocenters. The number of aromatic nitrogens is 1. The molecule has 0 bridgehead atoms. The standard InChI is InChI=1S/C12H19N3O2/c1-4-14-11-5-6-13-7-10(11)12(16)15-9(2)8-17-3/h5-7,9H,4,8H2,1-3H3,(H,13,14)(H,15,16). The number of methoxy groups -OCH3 is 1. The zero-order chi connectivity index (χ0) is 12.7. The van der Waals surface area contributed by atoms with E-state index in [1.54, 1.807) is 25.6 Å². The molecular formula is C12H19N3O2. The van der Waals surface area contributed by atoms with Gasteiger partial charge in [0.15, 0.2) is 0 Å². The number of amides is 1. The Morgan fingerprint density at radius 2 is 2.35 bits per heavy atom. The van der Waals surface area contributed by atoms with E-state index in [1.807, 2.05) is 13.8 Å². The van der Waals surface area contributed by atoms with Gasteiger partial charge in [-0.25, -0.2) is 0 Å². The van der Waals surface area contributed by atoms with Gasteiger partial charge in [-0.2, -0.15) is 0 Å². The Morgan fingerprint density at radius 3 is 3.00 bits per heavy atom. The molecule has 0 spiro atoms. The van der Waals surface area contributed by atoms with Crippen molar-refractivity contribution < 1.29 is 9.53 Å². The summed E-state index contributed by atoms with van der Waals surface area (Å²) in [6.07, 6.45) is 3.22. The van der Waals surface area contributed by atoms with Crippen LogP contribution in [0.4, 0.5) is 5.69 Å². The van der Waals surface area contributed by atoms with Crippen molar-refractivity contribution in [1.29, 1.82) is 0 Å². The van der Waals surface area contributed by atoms with Gasteiger partial charge in [0.2, 0.25) is 0 Å². The molecule has 0 fully saturated rings. The number of hydrogen-bond acceptors (Lipinski definition) is 4. The average Bonchev–Trinajstić information content (AvgIpc) is 2.30. The van der Waals surface area contributed by atoms with Crippen molar-refractivity contribution in [2.45, 2.75) is 19.9 Å². The van der Waals surface area contributed by atoms with Gasteiger partial charge in [0, 0.05) is 32.1 Å². The predicted molar refractivity (Wildman–Crippen MR) is 67.2 cm³/mol. The minimum Gasteiger partial charge on any atom is -0.385 e. The smallest absolute Gasteiger partial charge is 0.255 e. The van der Waals surface area contributed by atoms with Gasteiger partial charge in [-0.05, 0) is 19.9 Å². The van der Waals surface area contributed by atoms with Crippen LogP contribution in [-0.2, 0) is 4.74 Å². The van der Waals surface area contributed by atoms with Crippen molar-refractivity contribution >= 4 is 11.6 Å². The minimum absolute atomic E-state index is 0.0258. The highest BCUT2D eigenvalue weighted by atomic mass is 16.5. The van der Waals surface area contributed by atoms with Crippen molar-refractivity contribution in [3.8, 4) is 0 Å². The van der Waals surface area contributed by atoms with E-state index >= 15 is 0 Å². The van der Waals surface area contributed by atoms with Gasteiger partial charge in [-0.15, -0.1) is 0 Å². The Morgan fingerprint density at radius 1 is 1.59 bits per heavy atom. The Bertz CT molecular complexity index is 369. The molecule has 0 radical (unpaired) electrons. The highest BCUT2D eigenvalue weighted by molar-refractivity contribution is 5.99. The van der Waals surface area contributed by atoms with Crippen LogP contribution < -0.4 is 10.6 Å². The van der Waals surface area contributed by atoms with Crippen LogP contribution in [0, 0.1) is 0 Å². The SMILES string of the molecule is CCNc1ccncc1C(=O)NC(C)COC. The van der Waals surface area contributed by atoms with Gasteiger partial charge in [-0.3, -0.25) is 9.78 Å². The Hall–Kier alpha value is -1.62. The molecule has 1 atom stereocenters. The number of anilines is 1. The molecule has 0 aromatic carbocycles. The first-order valence-electron chi connectivity index (χ1n) is 5.66. The largest absolute Gasteiger partial charge is 0.385 e. The monoisotopic (exact) mass is 237 g/mol. The molecule has 94 valence electrons. The van der Waals surface area contributed by atoms with Crippen LogP contribution in [0.15, 0.2) is 18.5 Å². The zero-order valence-corrected chi connectivity index (χ0v) is 10.5. The van der Waals surface area contributed by atoms with Crippen LogP contribution in [0.25, 0.3) is 0 Å². The van der Waals surface area contributed by atoms with E-state index in [0.29, 0.717) is 12.2 Å². The predicted octanol–water partition coefficient (Wildman–Crippen LogP) is 1.28. The van der Waals surface area contributed by atoms with E-state index in [2.05, 4.69) is 15.6 Å². The van der Waals surface area contributed by atoms with Crippen molar-refractivity contribution in [1.82, 2.24) is 10.3 Å². The average molecular weight is 237 g/mol. The first-order chi connectivity index (χ1) is 8.19. The number of carbonyl (C=O) groups excluding carboxylic acids is 1. The second-order valence-corrected chi connectivity index (χ2v) is 3.78. The molecule has 2 N–H and O–H groups in total. The molecular weight excluding hydrogens is 218 g/mol. The number of rotatable bonds is 6. The topological polar surface area (TPSA) is 63.2 Å². The van der Waals surface area contributed by atoms with Gasteiger partial charge < -0.3 is 15.4 Å². The van der Waals surface area contributed by atoms with Crippen molar-refractivity contribution in [2.24, 2.45) is 0 Å². The third-order valence-corrected chi connectivity index (χ3v) is 2.23. The van der Waals surface area contributed by atoms with Gasteiger partial charge in [0.25, 0.3) is 5.91 Å². The maximum absolute atomic E-state index is 12.0. The third-order valence-electron chi connectivity index (χ3n) is 2.23. The highest BCUT2D eigenvalue weighted by Gasteiger charge is 2.13. The van der Waals surface area contributed by atoms with Gasteiger partial charge >= 0.3 is 0 Å². The highest BCUT2D eigenvalue weighted by Crippen LogP contribution is 2.13. The summed E-state index contributed by atoms with van der Waals surface area (Å²) in [5.41, 5.74) is 1.35. The van der Waals surface area contributed by atoms with Crippen LogP contribution in [0.1, 0.15) is 24.2 Å². The van der Waals surface area contributed by atoms with Crippen LogP contribution in [-0.4, -0.2) is 37.2 Å². The summed E-state index contributed by atoms with van der Waals surface area (Å²) in [5.74, 6) is -0.140. The molecule has 1 rings (SSSR count). The van der Waals surface area contributed by atoms with E-state index in [0.717, 1.165) is 12.2 Å². The van der Waals surface area contributed by atoms with E-state index in [-0.39, 0.29) is 11.9 Å². The number of carbonyl (C=O) groups is 1. The summed E-state index contributed by atoms with van der Waals surface area (Å²) in [6.45, 7) is 5.13. The quantitative estimate of drug-likeness (QED) is 0.782. The zero-order valence-electron chi connectivity index (χ0n) is 10.5. The summed E-state index contributed by atoms with van der Waals surface area (Å²) >= 11 is 0. The van der Waals surface area contributed by atoms with Crippen molar-refractivity contribution in [3.05, 3.63) is 24.0 Å². The minimum atomic E-state index is -0.140. The molecule has 1 heterocycles. The summed E-state index contributed by atoms with van der Waals surface area (Å²) in [5, 5.41) is 5.98. The number of hydrogen-bond donors (Lipinski definition) is 2. The normalized spacial score (nSPS) is 11.9. The van der Waals surface area contributed by atoms with Crippen LogP contribution >= 0.6 is 0 Å². The molecule has 1 aromatic heterocycles. The van der Waals surface area contributed by atoms with Crippen molar-refractivity contribution in [2.75, 3.05) is 25.6 Å². The summed E-state index contributed by atoms with van der Waals surface area (Å²) in [4.78, 5) is 15.9. The van der Waals surface area contributed by atoms with Gasteiger partial charge in [0.1, 0.15) is 0 Å². The fourth-order valence-electron chi connectivity index (χ4n) is 1.51. The lowest BCUT2D eigenvalue weighted by Crippen LogP contribution is -2.36. The lowest BCUT2D eigenvalue weighted by molar-refractivity contribution is 0.0906. The van der Waals surface area contributed by atoms with Gasteiger partial charge in [-0.1, -0.05) is 0 Å². The number of nitrogens with zero attached hydrogens (tertiary/aromatic N) is 1. The van der Waals surface area contributed by atoms with Crippen molar-refractivity contribution in [3.63, 3.8) is 0 Å². The fraction of sp³-hybridized carbons (Fsp3) is 0.500. The van der Waals surface area contributed by atoms with E-state index in [9.17, 15) is 4.79 Å². The molecule has 0 aliphatic heterocycles. The molecule has 0 aliphatic carbocycles. The van der Waals surface area contributed by atoms with Gasteiger partial charge in [0.05, 0.1) is 17.9 Å².